The zero-order valence-electron chi connectivity index (χ0n) is 15.3. The van der Waals surface area contributed by atoms with Crippen LogP contribution < -0.4 is 5.32 Å². The van der Waals surface area contributed by atoms with Gasteiger partial charge in [0, 0.05) is 6.54 Å². The molecule has 1 saturated heterocycles. The Kier molecular flexibility index (Phi) is 4.33. The van der Waals surface area contributed by atoms with Crippen LogP contribution in [-0.2, 0) is 26.3 Å². The molecule has 0 bridgehead atoms. The lowest BCUT2D eigenvalue weighted by Crippen LogP contribution is -2.57. The van der Waals surface area contributed by atoms with Crippen LogP contribution in [-0.4, -0.2) is 32.8 Å². The fourth-order valence-corrected chi connectivity index (χ4v) is 4.94. The fraction of sp³-hybridized carbons (Fsp3) is 0.409. The van der Waals surface area contributed by atoms with Crippen molar-refractivity contribution in [2.75, 3.05) is 20.7 Å². The van der Waals surface area contributed by atoms with E-state index in [9.17, 15) is 4.79 Å². The van der Waals surface area contributed by atoms with Crippen molar-refractivity contribution in [3.63, 3.8) is 0 Å². The Hall–Kier alpha value is -2.17. The van der Waals surface area contributed by atoms with Crippen molar-refractivity contribution in [1.29, 1.82) is 0 Å². The maximum atomic E-state index is 13.2. The highest BCUT2D eigenvalue weighted by molar-refractivity contribution is 5.83. The second-order valence-electron chi connectivity index (χ2n) is 7.29. The van der Waals surface area contributed by atoms with Crippen LogP contribution in [0, 0.1) is 5.41 Å². The van der Waals surface area contributed by atoms with Crippen LogP contribution in [0.5, 0.6) is 0 Å². The third-order valence-corrected chi connectivity index (χ3v) is 5.99. The van der Waals surface area contributed by atoms with Crippen molar-refractivity contribution in [3.8, 4) is 0 Å². The monoisotopic (exact) mass is 351 g/mol. The van der Waals surface area contributed by atoms with Gasteiger partial charge in [-0.3, -0.25) is 4.79 Å². The predicted molar refractivity (Wildman–Crippen MR) is 99.9 cm³/mol. The topological polar surface area (TPSA) is 47.6 Å². The van der Waals surface area contributed by atoms with Gasteiger partial charge in [0.15, 0.2) is 0 Å². The van der Waals surface area contributed by atoms with Crippen LogP contribution >= 0.6 is 0 Å². The number of hydrogen-bond donors (Lipinski definition) is 1. The molecule has 4 rings (SSSR count). The molecule has 2 aliphatic rings. The highest BCUT2D eigenvalue weighted by atomic mass is 16.5. The summed E-state index contributed by atoms with van der Waals surface area (Å²) in [6.45, 7) is 0.758. The molecule has 0 saturated carbocycles. The van der Waals surface area contributed by atoms with Gasteiger partial charge in [0.25, 0.3) is 0 Å². The van der Waals surface area contributed by atoms with Crippen LogP contribution in [0.1, 0.15) is 29.5 Å². The molecule has 0 spiro atoms. The standard InChI is InChI=1S/C22H25NO3/c1-23-15-18-12-13-21(20(24)25-2)14-16-8-6-7-11-19(16)22(21,26-18)17-9-4-3-5-10-17/h3-11,18,23H,12-15H2,1-2H3/t18-,21+,22-/m1/s1. The number of hydrogen-bond acceptors (Lipinski definition) is 4. The third kappa shape index (κ3) is 2.25. The lowest BCUT2D eigenvalue weighted by atomic mass is 9.64. The largest absolute Gasteiger partial charge is 0.468 e. The first-order valence-corrected chi connectivity index (χ1v) is 9.23. The maximum absolute atomic E-state index is 13.2. The van der Waals surface area contributed by atoms with Crippen molar-refractivity contribution in [2.45, 2.75) is 31.0 Å². The molecule has 0 radical (unpaired) electrons. The first-order valence-electron chi connectivity index (χ1n) is 9.23. The Bertz CT molecular complexity index is 806. The minimum absolute atomic E-state index is 0.0455. The molecule has 1 fully saturated rings. The van der Waals surface area contributed by atoms with Crippen LogP contribution in [0.15, 0.2) is 54.6 Å². The van der Waals surface area contributed by atoms with Gasteiger partial charge in [-0.2, -0.15) is 0 Å². The van der Waals surface area contributed by atoms with Crippen molar-refractivity contribution < 1.29 is 14.3 Å². The summed E-state index contributed by atoms with van der Waals surface area (Å²) >= 11 is 0. The summed E-state index contributed by atoms with van der Waals surface area (Å²) < 4.78 is 12.1. The van der Waals surface area contributed by atoms with E-state index in [-0.39, 0.29) is 12.1 Å². The Labute approximate surface area is 154 Å². The summed E-state index contributed by atoms with van der Waals surface area (Å²) in [7, 11) is 3.42. The lowest BCUT2D eigenvalue weighted by Gasteiger charge is -2.50. The Morgan fingerprint density at radius 3 is 2.65 bits per heavy atom. The van der Waals surface area contributed by atoms with E-state index < -0.39 is 11.0 Å². The van der Waals surface area contributed by atoms with Gasteiger partial charge in [-0.25, -0.2) is 0 Å². The van der Waals surface area contributed by atoms with Crippen molar-refractivity contribution >= 4 is 5.97 Å². The number of fused-ring (bicyclic) bond motifs is 3. The first-order chi connectivity index (χ1) is 12.7. The van der Waals surface area contributed by atoms with Gasteiger partial charge >= 0.3 is 5.97 Å². The fourth-order valence-electron chi connectivity index (χ4n) is 4.94. The number of ether oxygens (including phenoxy) is 2. The zero-order valence-corrected chi connectivity index (χ0v) is 15.3. The van der Waals surface area contributed by atoms with Crippen molar-refractivity contribution in [3.05, 3.63) is 71.3 Å². The smallest absolute Gasteiger partial charge is 0.315 e. The van der Waals surface area contributed by atoms with E-state index in [0.29, 0.717) is 6.42 Å². The molecular weight excluding hydrogens is 326 g/mol. The highest BCUT2D eigenvalue weighted by Crippen LogP contribution is 2.61. The number of nitrogens with one attached hydrogen (secondary N) is 1. The Balaban J connectivity index is 1.98. The molecule has 0 aromatic heterocycles. The van der Waals surface area contributed by atoms with E-state index in [2.05, 4.69) is 29.6 Å². The van der Waals surface area contributed by atoms with Crippen LogP contribution in [0.25, 0.3) is 0 Å². The van der Waals surface area contributed by atoms with E-state index in [4.69, 9.17) is 9.47 Å². The van der Waals surface area contributed by atoms with E-state index in [1.54, 1.807) is 0 Å². The Morgan fingerprint density at radius 1 is 1.19 bits per heavy atom. The van der Waals surface area contributed by atoms with Crippen LogP contribution in [0.4, 0.5) is 0 Å². The number of likely N-dealkylation sites (N-methyl/N-ethyl adjacent to an activating group) is 1. The summed E-state index contributed by atoms with van der Waals surface area (Å²) in [4.78, 5) is 13.2. The van der Waals surface area contributed by atoms with Gasteiger partial charge < -0.3 is 14.8 Å². The SMILES string of the molecule is CNC[C@H]1CC[C@@]2(C(=O)OC)Cc3ccccc3[C@@]2(c2ccccc2)O1. The number of carbonyl (C=O) groups is 1. The molecule has 2 aromatic carbocycles. The van der Waals surface area contributed by atoms with Gasteiger partial charge in [0.1, 0.15) is 11.0 Å². The van der Waals surface area contributed by atoms with Crippen LogP contribution in [0.2, 0.25) is 0 Å². The lowest BCUT2D eigenvalue weighted by molar-refractivity contribution is -0.203. The molecule has 4 heteroatoms. The number of methoxy groups -OCH3 is 1. The number of esters is 1. The van der Waals surface area contributed by atoms with Gasteiger partial charge in [0.05, 0.1) is 13.2 Å². The van der Waals surface area contributed by atoms with Crippen molar-refractivity contribution in [2.24, 2.45) is 5.41 Å². The second-order valence-corrected chi connectivity index (χ2v) is 7.29. The zero-order chi connectivity index (χ0) is 18.2. The minimum atomic E-state index is -0.808. The molecule has 136 valence electrons. The molecule has 0 amide bonds. The average molecular weight is 351 g/mol. The van der Waals surface area contributed by atoms with Crippen molar-refractivity contribution in [1.82, 2.24) is 5.32 Å². The second kappa shape index (κ2) is 6.53. The van der Waals surface area contributed by atoms with E-state index in [0.717, 1.165) is 30.5 Å². The molecule has 26 heavy (non-hydrogen) atoms. The van der Waals surface area contributed by atoms with Gasteiger partial charge in [0.2, 0.25) is 0 Å². The molecule has 3 atom stereocenters. The molecule has 4 nitrogen and oxygen atoms in total. The van der Waals surface area contributed by atoms with Crippen LogP contribution in [0.3, 0.4) is 0 Å². The quantitative estimate of drug-likeness (QED) is 0.860. The third-order valence-electron chi connectivity index (χ3n) is 5.99. The van der Waals surface area contributed by atoms with Gasteiger partial charge in [-0.05, 0) is 43.0 Å². The molecule has 1 aliphatic heterocycles. The predicted octanol–water partition coefficient (Wildman–Crippen LogP) is 3.04. The summed E-state index contributed by atoms with van der Waals surface area (Å²) in [5, 5.41) is 3.22. The van der Waals surface area contributed by atoms with Gasteiger partial charge in [-0.15, -0.1) is 0 Å². The summed E-state index contributed by atoms with van der Waals surface area (Å²) in [5.74, 6) is -0.180. The molecule has 0 unspecified atom stereocenters. The highest BCUT2D eigenvalue weighted by Gasteiger charge is 2.66. The number of carbonyl (C=O) groups excluding carboxylic acids is 1. The summed E-state index contributed by atoms with van der Waals surface area (Å²) in [6.07, 6.45) is 2.27. The number of rotatable bonds is 4. The summed E-state index contributed by atoms with van der Waals surface area (Å²) in [5.41, 5.74) is 1.76. The first kappa shape index (κ1) is 17.3. The normalized spacial score (nSPS) is 29.7. The minimum Gasteiger partial charge on any atom is -0.468 e. The molecular formula is C22H25NO3. The number of benzene rings is 2. The van der Waals surface area contributed by atoms with E-state index in [1.165, 1.54) is 12.7 Å². The molecule has 1 aliphatic carbocycles. The maximum Gasteiger partial charge on any atom is 0.315 e. The molecule has 1 heterocycles. The van der Waals surface area contributed by atoms with E-state index >= 15 is 0 Å². The van der Waals surface area contributed by atoms with Gasteiger partial charge in [-0.1, -0.05) is 54.6 Å². The average Bonchev–Trinajstić information content (AvgIpc) is 3.00. The summed E-state index contributed by atoms with van der Waals surface area (Å²) in [6, 6.07) is 18.4. The molecule has 2 aromatic rings. The van der Waals surface area contributed by atoms with E-state index in [1.807, 2.05) is 37.4 Å². The Morgan fingerprint density at radius 2 is 1.92 bits per heavy atom. The molecule has 1 N–H and O–H groups in total.